The molecule has 2 aromatic rings. The third-order valence-corrected chi connectivity index (χ3v) is 4.98. The maximum atomic E-state index is 12.7. The SMILES string of the molecule is N#Cc1ccc(CN2CCCN(C(=O)c3ccc(Br)cc3)CC2)cc1. The van der Waals surface area contributed by atoms with E-state index in [9.17, 15) is 4.79 Å². The minimum absolute atomic E-state index is 0.104. The molecule has 1 aliphatic rings. The van der Waals surface area contributed by atoms with Crippen molar-refractivity contribution in [1.29, 1.82) is 5.26 Å². The number of amides is 1. The van der Waals surface area contributed by atoms with Gasteiger partial charge in [0.2, 0.25) is 0 Å². The van der Waals surface area contributed by atoms with Crippen LogP contribution in [0.2, 0.25) is 0 Å². The van der Waals surface area contributed by atoms with Gasteiger partial charge in [0.05, 0.1) is 11.6 Å². The highest BCUT2D eigenvalue weighted by atomic mass is 79.9. The minimum atomic E-state index is 0.104. The number of hydrogen-bond acceptors (Lipinski definition) is 3. The van der Waals surface area contributed by atoms with Gasteiger partial charge in [0.15, 0.2) is 0 Å². The zero-order chi connectivity index (χ0) is 17.6. The molecule has 0 radical (unpaired) electrons. The van der Waals surface area contributed by atoms with E-state index in [1.54, 1.807) is 0 Å². The molecule has 1 amide bonds. The quantitative estimate of drug-likeness (QED) is 0.793. The van der Waals surface area contributed by atoms with Gasteiger partial charge in [0, 0.05) is 42.8 Å². The van der Waals surface area contributed by atoms with Crippen LogP contribution >= 0.6 is 15.9 Å². The van der Waals surface area contributed by atoms with Crippen molar-refractivity contribution in [1.82, 2.24) is 9.80 Å². The van der Waals surface area contributed by atoms with Crippen LogP contribution in [0.1, 0.15) is 27.9 Å². The van der Waals surface area contributed by atoms with Crippen molar-refractivity contribution < 1.29 is 4.79 Å². The summed E-state index contributed by atoms with van der Waals surface area (Å²) in [4.78, 5) is 17.0. The van der Waals surface area contributed by atoms with Gasteiger partial charge in [0.25, 0.3) is 5.91 Å². The Labute approximate surface area is 156 Å². The molecular weight excluding hydrogens is 378 g/mol. The van der Waals surface area contributed by atoms with Gasteiger partial charge in [-0.15, -0.1) is 0 Å². The van der Waals surface area contributed by atoms with Crippen LogP contribution in [0.3, 0.4) is 0 Å². The summed E-state index contributed by atoms with van der Waals surface area (Å²) in [5.74, 6) is 0.104. The van der Waals surface area contributed by atoms with Crippen LogP contribution < -0.4 is 0 Å². The molecular formula is C20H20BrN3O. The summed E-state index contributed by atoms with van der Waals surface area (Å²) < 4.78 is 0.980. The highest BCUT2D eigenvalue weighted by Crippen LogP contribution is 2.15. The van der Waals surface area contributed by atoms with E-state index in [1.165, 1.54) is 5.56 Å². The predicted molar refractivity (Wildman–Crippen MR) is 101 cm³/mol. The molecule has 4 nitrogen and oxygen atoms in total. The second-order valence-electron chi connectivity index (χ2n) is 6.24. The fourth-order valence-corrected chi connectivity index (χ4v) is 3.31. The van der Waals surface area contributed by atoms with E-state index in [2.05, 4.69) is 26.9 Å². The summed E-state index contributed by atoms with van der Waals surface area (Å²) in [6.45, 7) is 4.22. The fraction of sp³-hybridized carbons (Fsp3) is 0.300. The van der Waals surface area contributed by atoms with Crippen LogP contribution in [0.5, 0.6) is 0 Å². The maximum Gasteiger partial charge on any atom is 0.253 e. The van der Waals surface area contributed by atoms with E-state index in [0.717, 1.165) is 49.2 Å². The van der Waals surface area contributed by atoms with Crippen molar-refractivity contribution in [2.75, 3.05) is 26.2 Å². The average Bonchev–Trinajstić information content (AvgIpc) is 2.88. The Balaban J connectivity index is 1.59. The van der Waals surface area contributed by atoms with Crippen LogP contribution in [0.4, 0.5) is 0 Å². The Hall–Kier alpha value is -2.16. The molecule has 2 aromatic carbocycles. The number of benzene rings is 2. The Bertz CT molecular complexity index is 765. The summed E-state index contributed by atoms with van der Waals surface area (Å²) in [6.07, 6.45) is 0.971. The second kappa shape index (κ2) is 8.28. The smallest absolute Gasteiger partial charge is 0.253 e. The van der Waals surface area contributed by atoms with Crippen LogP contribution in [0.25, 0.3) is 0 Å². The van der Waals surface area contributed by atoms with Gasteiger partial charge >= 0.3 is 0 Å². The number of carbonyl (C=O) groups excluding carboxylic acids is 1. The Morgan fingerprint density at radius 3 is 2.40 bits per heavy atom. The Kier molecular flexibility index (Phi) is 5.85. The third kappa shape index (κ3) is 4.68. The van der Waals surface area contributed by atoms with Crippen LogP contribution in [0, 0.1) is 11.3 Å². The first-order chi connectivity index (χ1) is 12.2. The van der Waals surface area contributed by atoms with Crippen molar-refractivity contribution in [3.8, 4) is 6.07 Å². The Morgan fingerprint density at radius 2 is 1.72 bits per heavy atom. The van der Waals surface area contributed by atoms with Gasteiger partial charge in [-0.2, -0.15) is 5.26 Å². The van der Waals surface area contributed by atoms with Gasteiger partial charge in [-0.3, -0.25) is 9.69 Å². The molecule has 0 spiro atoms. The first kappa shape index (κ1) is 17.7. The number of nitriles is 1. The van der Waals surface area contributed by atoms with Crippen molar-refractivity contribution >= 4 is 21.8 Å². The summed E-state index contributed by atoms with van der Waals surface area (Å²) >= 11 is 3.40. The van der Waals surface area contributed by atoms with E-state index in [1.807, 2.05) is 53.4 Å². The number of nitrogens with zero attached hydrogens (tertiary/aromatic N) is 3. The lowest BCUT2D eigenvalue weighted by Crippen LogP contribution is -2.35. The highest BCUT2D eigenvalue weighted by Gasteiger charge is 2.20. The molecule has 5 heteroatoms. The van der Waals surface area contributed by atoms with Crippen LogP contribution in [-0.2, 0) is 6.54 Å². The number of halogens is 1. The normalized spacial score (nSPS) is 15.4. The number of rotatable bonds is 3. The monoisotopic (exact) mass is 397 g/mol. The molecule has 0 N–H and O–H groups in total. The van der Waals surface area contributed by atoms with Gasteiger partial charge in [-0.25, -0.2) is 0 Å². The molecule has 25 heavy (non-hydrogen) atoms. The molecule has 0 atom stereocenters. The van der Waals surface area contributed by atoms with Crippen molar-refractivity contribution in [3.63, 3.8) is 0 Å². The molecule has 0 aliphatic carbocycles. The van der Waals surface area contributed by atoms with Crippen molar-refractivity contribution in [3.05, 3.63) is 69.7 Å². The van der Waals surface area contributed by atoms with E-state index in [4.69, 9.17) is 5.26 Å². The molecule has 1 aliphatic heterocycles. The average molecular weight is 398 g/mol. The summed E-state index contributed by atoms with van der Waals surface area (Å²) in [5.41, 5.74) is 2.63. The van der Waals surface area contributed by atoms with Crippen molar-refractivity contribution in [2.24, 2.45) is 0 Å². The van der Waals surface area contributed by atoms with Gasteiger partial charge < -0.3 is 4.90 Å². The van der Waals surface area contributed by atoms with Gasteiger partial charge in [-0.1, -0.05) is 28.1 Å². The minimum Gasteiger partial charge on any atom is -0.337 e. The van der Waals surface area contributed by atoms with Crippen molar-refractivity contribution in [2.45, 2.75) is 13.0 Å². The van der Waals surface area contributed by atoms with E-state index >= 15 is 0 Å². The molecule has 0 saturated carbocycles. The molecule has 0 unspecified atom stereocenters. The molecule has 1 saturated heterocycles. The standard InChI is InChI=1S/C20H20BrN3O/c21-19-8-6-18(7-9-19)20(25)24-11-1-10-23(12-13-24)15-17-4-2-16(14-22)3-5-17/h2-9H,1,10-13,15H2. The first-order valence-electron chi connectivity index (χ1n) is 8.42. The van der Waals surface area contributed by atoms with E-state index in [-0.39, 0.29) is 5.91 Å². The molecule has 1 fully saturated rings. The van der Waals surface area contributed by atoms with Crippen LogP contribution in [0.15, 0.2) is 53.0 Å². The fourth-order valence-electron chi connectivity index (χ4n) is 3.05. The molecule has 3 rings (SSSR count). The van der Waals surface area contributed by atoms with E-state index < -0.39 is 0 Å². The molecule has 128 valence electrons. The summed E-state index contributed by atoms with van der Waals surface area (Å²) in [6, 6.07) is 17.4. The number of hydrogen-bond donors (Lipinski definition) is 0. The number of carbonyl (C=O) groups is 1. The van der Waals surface area contributed by atoms with E-state index in [0.29, 0.717) is 5.56 Å². The highest BCUT2D eigenvalue weighted by molar-refractivity contribution is 9.10. The zero-order valence-electron chi connectivity index (χ0n) is 14.0. The molecule has 1 heterocycles. The van der Waals surface area contributed by atoms with Gasteiger partial charge in [0.1, 0.15) is 0 Å². The third-order valence-electron chi connectivity index (χ3n) is 4.46. The summed E-state index contributed by atoms with van der Waals surface area (Å²) in [5, 5.41) is 8.88. The zero-order valence-corrected chi connectivity index (χ0v) is 15.6. The first-order valence-corrected chi connectivity index (χ1v) is 9.21. The second-order valence-corrected chi connectivity index (χ2v) is 7.15. The lowest BCUT2D eigenvalue weighted by molar-refractivity contribution is 0.0761. The predicted octanol–water partition coefficient (Wildman–Crippen LogP) is 3.67. The lowest BCUT2D eigenvalue weighted by Gasteiger charge is -2.22. The largest absolute Gasteiger partial charge is 0.337 e. The Morgan fingerprint density at radius 1 is 1.00 bits per heavy atom. The maximum absolute atomic E-state index is 12.7. The lowest BCUT2D eigenvalue weighted by atomic mass is 10.1. The molecule has 0 bridgehead atoms. The molecule has 0 aromatic heterocycles. The van der Waals surface area contributed by atoms with Crippen LogP contribution in [-0.4, -0.2) is 41.9 Å². The summed E-state index contributed by atoms with van der Waals surface area (Å²) in [7, 11) is 0. The topological polar surface area (TPSA) is 47.3 Å². The van der Waals surface area contributed by atoms with Gasteiger partial charge in [-0.05, 0) is 48.4 Å².